The maximum absolute atomic E-state index is 9.19. The van der Waals surface area contributed by atoms with Crippen molar-refractivity contribution in [2.45, 2.75) is 39.5 Å². The Bertz CT molecular complexity index is 66.0. The van der Waals surface area contributed by atoms with Gasteiger partial charge in [0.15, 0.2) is 8.03 Å². The molecule has 0 fully saturated rings. The second-order valence-electron chi connectivity index (χ2n) is 2.23. The molecule has 0 aromatic heterocycles. The van der Waals surface area contributed by atoms with Gasteiger partial charge in [0, 0.05) is 6.66 Å². The van der Waals surface area contributed by atoms with E-state index in [4.69, 9.17) is 4.89 Å². The average Bonchev–Trinajstić information content (AvgIpc) is 1.82. The van der Waals surface area contributed by atoms with Gasteiger partial charge in [-0.05, 0) is 0 Å². The summed E-state index contributed by atoms with van der Waals surface area (Å²) in [4.78, 5) is 7.60. The van der Waals surface area contributed by atoms with Crippen molar-refractivity contribution in [3.05, 3.63) is 0 Å². The van der Waals surface area contributed by atoms with E-state index in [9.17, 15) is 4.57 Å². The van der Waals surface area contributed by atoms with Crippen LogP contribution < -0.4 is 0 Å². The van der Waals surface area contributed by atoms with Crippen molar-refractivity contribution in [1.82, 2.24) is 0 Å². The number of rotatable bonds is 3. The SMILES string of the molecule is CCCCCC.C[PH](=O)O. The van der Waals surface area contributed by atoms with Crippen molar-refractivity contribution in [3.8, 4) is 0 Å². The molecule has 3 heteroatoms. The van der Waals surface area contributed by atoms with E-state index in [1.807, 2.05) is 0 Å². The van der Waals surface area contributed by atoms with E-state index in [2.05, 4.69) is 13.8 Å². The van der Waals surface area contributed by atoms with Crippen molar-refractivity contribution < 1.29 is 9.46 Å². The number of hydrogen-bond acceptors (Lipinski definition) is 1. The number of hydrogen-bond donors (Lipinski definition) is 1. The van der Waals surface area contributed by atoms with Gasteiger partial charge < -0.3 is 4.89 Å². The molecule has 1 unspecified atom stereocenters. The maximum Gasteiger partial charge on any atom is 0.186 e. The van der Waals surface area contributed by atoms with Gasteiger partial charge >= 0.3 is 0 Å². The van der Waals surface area contributed by atoms with Gasteiger partial charge in [-0.25, -0.2) is 0 Å². The molecule has 0 aromatic carbocycles. The Kier molecular flexibility index (Phi) is 15.3. The molecule has 64 valence electrons. The van der Waals surface area contributed by atoms with Crippen molar-refractivity contribution in [1.29, 1.82) is 0 Å². The zero-order chi connectivity index (χ0) is 8.41. The van der Waals surface area contributed by atoms with E-state index in [0.29, 0.717) is 0 Å². The first-order chi connectivity index (χ1) is 4.65. The molecule has 0 aromatic rings. The molecule has 1 N–H and O–H groups in total. The molecule has 0 amide bonds. The predicted molar refractivity (Wildman–Crippen MR) is 47.0 cm³/mol. The summed E-state index contributed by atoms with van der Waals surface area (Å²) in [6.45, 7) is 5.73. The molecule has 10 heavy (non-hydrogen) atoms. The molecule has 0 spiro atoms. The summed E-state index contributed by atoms with van der Waals surface area (Å²) in [6.07, 6.45) is 5.54. The van der Waals surface area contributed by atoms with Crippen LogP contribution in [0.15, 0.2) is 0 Å². The molecule has 0 radical (unpaired) electrons. The zero-order valence-electron chi connectivity index (χ0n) is 7.18. The van der Waals surface area contributed by atoms with Crippen LogP contribution in [-0.2, 0) is 4.57 Å². The topological polar surface area (TPSA) is 37.3 Å². The third-order valence-electron chi connectivity index (χ3n) is 0.957. The van der Waals surface area contributed by atoms with Gasteiger partial charge in [0.1, 0.15) is 0 Å². The fourth-order valence-corrected chi connectivity index (χ4v) is 0.500. The summed E-state index contributed by atoms with van der Waals surface area (Å²) in [5, 5.41) is 0. The molecule has 0 saturated heterocycles. The van der Waals surface area contributed by atoms with Gasteiger partial charge in [-0.2, -0.15) is 0 Å². The first kappa shape index (κ1) is 12.8. The van der Waals surface area contributed by atoms with E-state index in [1.54, 1.807) is 0 Å². The molecule has 0 aliphatic carbocycles. The summed E-state index contributed by atoms with van der Waals surface area (Å²) in [5.41, 5.74) is 0. The molecule has 0 aliphatic heterocycles. The summed E-state index contributed by atoms with van der Waals surface area (Å²) < 4.78 is 9.19. The monoisotopic (exact) mass is 166 g/mol. The Balaban J connectivity index is 0. The maximum atomic E-state index is 9.19. The van der Waals surface area contributed by atoms with Gasteiger partial charge in [0.2, 0.25) is 0 Å². The van der Waals surface area contributed by atoms with Gasteiger partial charge in [-0.3, -0.25) is 4.57 Å². The normalized spacial score (nSPS) is 11.6. The molecule has 0 bridgehead atoms. The van der Waals surface area contributed by atoms with Gasteiger partial charge in [0.05, 0.1) is 0 Å². The van der Waals surface area contributed by atoms with Crippen molar-refractivity contribution >= 4 is 8.03 Å². The van der Waals surface area contributed by atoms with E-state index in [1.165, 1.54) is 32.3 Å². The molecular weight excluding hydrogens is 147 g/mol. The molecule has 0 aliphatic rings. The summed E-state index contributed by atoms with van der Waals surface area (Å²) in [7, 11) is -2.13. The average molecular weight is 166 g/mol. The van der Waals surface area contributed by atoms with E-state index < -0.39 is 8.03 Å². The van der Waals surface area contributed by atoms with Crippen LogP contribution in [0.1, 0.15) is 39.5 Å². The first-order valence-corrected chi connectivity index (χ1v) is 5.70. The minimum absolute atomic E-state index is 1.27. The molecule has 0 heterocycles. The van der Waals surface area contributed by atoms with Crippen molar-refractivity contribution in [2.24, 2.45) is 0 Å². The lowest BCUT2D eigenvalue weighted by atomic mass is 10.2. The highest BCUT2D eigenvalue weighted by molar-refractivity contribution is 7.36. The Labute approximate surface area is 64.5 Å². The van der Waals surface area contributed by atoms with Crippen LogP contribution in [0.25, 0.3) is 0 Å². The van der Waals surface area contributed by atoms with Crippen LogP contribution in [0.2, 0.25) is 0 Å². The van der Waals surface area contributed by atoms with Crippen LogP contribution in [0, 0.1) is 0 Å². The highest BCUT2D eigenvalue weighted by Crippen LogP contribution is 1.99. The van der Waals surface area contributed by atoms with Crippen molar-refractivity contribution in [3.63, 3.8) is 0 Å². The van der Waals surface area contributed by atoms with Crippen LogP contribution in [0.3, 0.4) is 0 Å². The van der Waals surface area contributed by atoms with Crippen LogP contribution in [0.4, 0.5) is 0 Å². The van der Waals surface area contributed by atoms with Crippen LogP contribution in [-0.4, -0.2) is 11.6 Å². The van der Waals surface area contributed by atoms with Crippen LogP contribution in [0.5, 0.6) is 0 Å². The summed E-state index contributed by atoms with van der Waals surface area (Å²) in [5.74, 6) is 0. The zero-order valence-corrected chi connectivity index (χ0v) is 8.18. The van der Waals surface area contributed by atoms with Crippen LogP contribution >= 0.6 is 8.03 Å². The van der Waals surface area contributed by atoms with Gasteiger partial charge in [-0.15, -0.1) is 0 Å². The molecule has 1 atom stereocenters. The Morgan fingerprint density at radius 1 is 1.20 bits per heavy atom. The second-order valence-corrected chi connectivity index (χ2v) is 3.26. The fraction of sp³-hybridized carbons (Fsp3) is 1.00. The highest BCUT2D eigenvalue weighted by Gasteiger charge is 1.75. The molecule has 2 nitrogen and oxygen atoms in total. The smallest absolute Gasteiger partial charge is 0.186 e. The van der Waals surface area contributed by atoms with Gasteiger partial charge in [0.25, 0.3) is 0 Å². The lowest BCUT2D eigenvalue weighted by Gasteiger charge is -1.86. The van der Waals surface area contributed by atoms with E-state index in [0.717, 1.165) is 0 Å². The standard InChI is InChI=1S/C6H14.CH5O2P/c1-3-5-6-4-2;1-4(2)3/h3-6H2,1-2H3;4H,1H3,(H,2,3). The largest absolute Gasteiger partial charge is 0.346 e. The Morgan fingerprint density at radius 3 is 1.50 bits per heavy atom. The molecular formula is C7H19O2P. The van der Waals surface area contributed by atoms with Gasteiger partial charge in [-0.1, -0.05) is 39.5 Å². The quantitative estimate of drug-likeness (QED) is 0.517. The second kappa shape index (κ2) is 11.9. The minimum Gasteiger partial charge on any atom is -0.346 e. The lowest BCUT2D eigenvalue weighted by Crippen LogP contribution is -1.66. The predicted octanol–water partition coefficient (Wildman–Crippen LogP) is 2.67. The van der Waals surface area contributed by atoms with E-state index in [-0.39, 0.29) is 0 Å². The third-order valence-corrected chi connectivity index (χ3v) is 0.957. The lowest BCUT2D eigenvalue weighted by molar-refractivity contribution is 0.509. The minimum atomic E-state index is -2.13. The molecule has 0 rings (SSSR count). The van der Waals surface area contributed by atoms with Crippen molar-refractivity contribution in [2.75, 3.05) is 6.66 Å². The Hall–Kier alpha value is 0.190. The summed E-state index contributed by atoms with van der Waals surface area (Å²) >= 11 is 0. The number of unbranched alkanes of at least 4 members (excludes halogenated alkanes) is 3. The molecule has 0 saturated carbocycles. The Morgan fingerprint density at radius 2 is 1.40 bits per heavy atom. The van der Waals surface area contributed by atoms with E-state index >= 15 is 0 Å². The fourth-order valence-electron chi connectivity index (χ4n) is 0.500. The first-order valence-electron chi connectivity index (χ1n) is 3.84. The highest BCUT2D eigenvalue weighted by atomic mass is 31.1. The summed E-state index contributed by atoms with van der Waals surface area (Å²) in [6, 6.07) is 0. The third kappa shape index (κ3) is 41.6.